The number of rotatable bonds is 3. The molecule has 0 amide bonds. The topological polar surface area (TPSA) is 3.24 Å². The van der Waals surface area contributed by atoms with Crippen molar-refractivity contribution in [1.29, 1.82) is 0 Å². The molecular weight excluding hydrogens is 194 g/mol. The molecule has 0 aromatic heterocycles. The van der Waals surface area contributed by atoms with Gasteiger partial charge < -0.3 is 0 Å². The van der Waals surface area contributed by atoms with E-state index < -0.39 is 0 Å². The molecule has 0 N–H and O–H groups in total. The highest BCUT2D eigenvalue weighted by molar-refractivity contribution is 5.53. The van der Waals surface area contributed by atoms with E-state index in [2.05, 4.69) is 76.1 Å². The van der Waals surface area contributed by atoms with Gasteiger partial charge in [0.1, 0.15) is 0 Å². The zero-order valence-corrected chi connectivity index (χ0v) is 11.1. The minimum Gasteiger partial charge on any atom is -0.297 e. The molecule has 1 nitrogen and oxygen atoms in total. The van der Waals surface area contributed by atoms with Crippen molar-refractivity contribution in [1.82, 2.24) is 4.90 Å². The van der Waals surface area contributed by atoms with Gasteiger partial charge in [0.05, 0.1) is 0 Å². The van der Waals surface area contributed by atoms with Gasteiger partial charge >= 0.3 is 0 Å². The van der Waals surface area contributed by atoms with Gasteiger partial charge in [0.2, 0.25) is 0 Å². The van der Waals surface area contributed by atoms with Crippen LogP contribution in [0.4, 0.5) is 0 Å². The minimum atomic E-state index is 0.211. The average molecular weight is 217 g/mol. The summed E-state index contributed by atoms with van der Waals surface area (Å²) in [7, 11) is 2.17. The number of hydrogen-bond donors (Lipinski definition) is 0. The van der Waals surface area contributed by atoms with Crippen LogP contribution in [-0.4, -0.2) is 17.5 Å². The van der Waals surface area contributed by atoms with E-state index in [9.17, 15) is 0 Å². The molecule has 1 rings (SSSR count). The van der Waals surface area contributed by atoms with Crippen molar-refractivity contribution in [2.75, 3.05) is 7.05 Å². The molecule has 0 spiro atoms. The lowest BCUT2D eigenvalue weighted by Crippen LogP contribution is -2.37. The second kappa shape index (κ2) is 5.31. The van der Waals surface area contributed by atoms with Gasteiger partial charge in [-0.25, -0.2) is 0 Å². The highest BCUT2D eigenvalue weighted by atomic mass is 15.1. The van der Waals surface area contributed by atoms with Gasteiger partial charge in [0, 0.05) is 12.1 Å². The fourth-order valence-electron chi connectivity index (χ4n) is 1.51. The average Bonchev–Trinajstić information content (AvgIpc) is 2.20. The van der Waals surface area contributed by atoms with E-state index in [1.807, 2.05) is 0 Å². The summed E-state index contributed by atoms with van der Waals surface area (Å²) in [5.41, 5.74) is 2.92. The zero-order valence-electron chi connectivity index (χ0n) is 11.1. The molecule has 0 atom stereocenters. The molecular formula is C15H23N. The summed E-state index contributed by atoms with van der Waals surface area (Å²) in [6.45, 7) is 9.77. The Balaban J connectivity index is 2.88. The molecule has 0 fully saturated rings. The van der Waals surface area contributed by atoms with Crippen molar-refractivity contribution in [2.24, 2.45) is 0 Å². The Kier molecular flexibility index (Phi) is 4.31. The van der Waals surface area contributed by atoms with Crippen LogP contribution < -0.4 is 0 Å². The van der Waals surface area contributed by atoms with Gasteiger partial charge in [-0.2, -0.15) is 0 Å². The third-order valence-electron chi connectivity index (χ3n) is 2.95. The van der Waals surface area contributed by atoms with E-state index in [0.717, 1.165) is 6.54 Å². The van der Waals surface area contributed by atoms with Crippen molar-refractivity contribution in [3.63, 3.8) is 0 Å². The van der Waals surface area contributed by atoms with Gasteiger partial charge in [0.15, 0.2) is 0 Å². The largest absolute Gasteiger partial charge is 0.297 e. The maximum atomic E-state index is 2.37. The third kappa shape index (κ3) is 3.49. The summed E-state index contributed by atoms with van der Waals surface area (Å²) in [5.74, 6) is 0. The predicted octanol–water partition coefficient (Wildman–Crippen LogP) is 3.95. The summed E-state index contributed by atoms with van der Waals surface area (Å²) >= 11 is 0. The monoisotopic (exact) mass is 217 g/mol. The molecule has 0 bridgehead atoms. The molecule has 0 radical (unpaired) electrons. The van der Waals surface area contributed by atoms with Gasteiger partial charge in [-0.05, 0) is 45.9 Å². The summed E-state index contributed by atoms with van der Waals surface area (Å²) in [6.07, 6.45) is 4.27. The highest BCUT2D eigenvalue weighted by Gasteiger charge is 2.17. The van der Waals surface area contributed by atoms with E-state index in [0.29, 0.717) is 0 Å². The molecule has 0 saturated carbocycles. The first-order valence-electron chi connectivity index (χ1n) is 5.87. The Labute approximate surface area is 99.8 Å². The Morgan fingerprint density at radius 2 is 1.81 bits per heavy atom. The van der Waals surface area contributed by atoms with Gasteiger partial charge in [0.25, 0.3) is 0 Å². The summed E-state index contributed by atoms with van der Waals surface area (Å²) in [4.78, 5) is 2.37. The fraction of sp³-hybridized carbons (Fsp3) is 0.467. The first-order chi connectivity index (χ1) is 7.45. The third-order valence-corrected chi connectivity index (χ3v) is 2.95. The summed E-state index contributed by atoms with van der Waals surface area (Å²) in [6, 6.07) is 8.58. The van der Waals surface area contributed by atoms with Crippen molar-refractivity contribution >= 4 is 6.08 Å². The van der Waals surface area contributed by atoms with Crippen molar-refractivity contribution < 1.29 is 0 Å². The number of allylic oxidation sites excluding steroid dienone is 1. The molecule has 0 aliphatic carbocycles. The van der Waals surface area contributed by atoms with E-state index in [1.165, 1.54) is 11.1 Å². The van der Waals surface area contributed by atoms with Gasteiger partial charge in [-0.15, -0.1) is 0 Å². The Morgan fingerprint density at radius 3 is 2.38 bits per heavy atom. The predicted molar refractivity (Wildman–Crippen MR) is 72.4 cm³/mol. The standard InChI is InChI=1S/C15H23N/c1-6-9-13-10-7-8-11-14(13)12-16(5)15(2,3)4/h6-11H,12H2,1-5H3/b9-6-. The van der Waals surface area contributed by atoms with E-state index in [4.69, 9.17) is 0 Å². The maximum absolute atomic E-state index is 2.37. The van der Waals surface area contributed by atoms with Crippen molar-refractivity contribution in [3.8, 4) is 0 Å². The van der Waals surface area contributed by atoms with Crippen LogP contribution in [0.2, 0.25) is 0 Å². The van der Waals surface area contributed by atoms with Crippen LogP contribution in [0.3, 0.4) is 0 Å². The second-order valence-electron chi connectivity index (χ2n) is 5.23. The molecule has 0 saturated heterocycles. The number of hydrogen-bond acceptors (Lipinski definition) is 1. The second-order valence-corrected chi connectivity index (χ2v) is 5.23. The van der Waals surface area contributed by atoms with Crippen molar-refractivity contribution in [2.45, 2.75) is 39.8 Å². The molecule has 0 unspecified atom stereocenters. The van der Waals surface area contributed by atoms with E-state index in [1.54, 1.807) is 0 Å². The van der Waals surface area contributed by atoms with Gasteiger partial charge in [-0.3, -0.25) is 4.90 Å². The van der Waals surface area contributed by atoms with Crippen LogP contribution in [0.25, 0.3) is 6.08 Å². The molecule has 0 heterocycles. The molecule has 0 aliphatic rings. The lowest BCUT2D eigenvalue weighted by molar-refractivity contribution is 0.167. The highest BCUT2D eigenvalue weighted by Crippen LogP contribution is 2.18. The van der Waals surface area contributed by atoms with Crippen LogP contribution in [0.15, 0.2) is 30.3 Å². The Morgan fingerprint density at radius 1 is 1.19 bits per heavy atom. The van der Waals surface area contributed by atoms with Crippen LogP contribution in [0.1, 0.15) is 38.8 Å². The Bertz CT molecular complexity index is 358. The fourth-order valence-corrected chi connectivity index (χ4v) is 1.51. The first-order valence-corrected chi connectivity index (χ1v) is 5.87. The van der Waals surface area contributed by atoms with Crippen LogP contribution in [0.5, 0.6) is 0 Å². The summed E-state index contributed by atoms with van der Waals surface area (Å²) < 4.78 is 0. The van der Waals surface area contributed by atoms with Crippen LogP contribution in [-0.2, 0) is 6.54 Å². The molecule has 88 valence electrons. The lowest BCUT2D eigenvalue weighted by atomic mass is 10.0. The van der Waals surface area contributed by atoms with Gasteiger partial charge in [-0.1, -0.05) is 36.4 Å². The van der Waals surface area contributed by atoms with E-state index in [-0.39, 0.29) is 5.54 Å². The normalized spacial score (nSPS) is 12.6. The van der Waals surface area contributed by atoms with Crippen LogP contribution in [0, 0.1) is 0 Å². The van der Waals surface area contributed by atoms with E-state index >= 15 is 0 Å². The molecule has 0 aliphatic heterocycles. The zero-order chi connectivity index (χ0) is 12.2. The molecule has 1 aromatic rings. The smallest absolute Gasteiger partial charge is 0.0241 e. The SMILES string of the molecule is C/C=C\c1ccccc1CN(C)C(C)(C)C. The molecule has 1 heteroatoms. The maximum Gasteiger partial charge on any atom is 0.0241 e. The van der Waals surface area contributed by atoms with Crippen molar-refractivity contribution in [3.05, 3.63) is 41.5 Å². The molecule has 1 aromatic carbocycles. The number of benzene rings is 1. The first kappa shape index (κ1) is 13.0. The molecule has 16 heavy (non-hydrogen) atoms. The Hall–Kier alpha value is -1.08. The lowest BCUT2D eigenvalue weighted by Gasteiger charge is -2.32. The minimum absolute atomic E-state index is 0.211. The summed E-state index contributed by atoms with van der Waals surface area (Å²) in [5, 5.41) is 0. The number of nitrogens with zero attached hydrogens (tertiary/aromatic N) is 1. The quantitative estimate of drug-likeness (QED) is 0.741. The van der Waals surface area contributed by atoms with Crippen LogP contribution >= 0.6 is 0 Å².